The minimum absolute atomic E-state index is 0.0674. The molecule has 0 aliphatic carbocycles. The van der Waals surface area contributed by atoms with E-state index in [0.29, 0.717) is 48.3 Å². The average molecular weight is 976 g/mol. The zero-order chi connectivity index (χ0) is 39.8. The molecule has 0 saturated carbocycles. The van der Waals surface area contributed by atoms with E-state index >= 15 is 8.78 Å². The van der Waals surface area contributed by atoms with Crippen molar-refractivity contribution in [2.75, 3.05) is 51.7 Å². The first-order valence-electron chi connectivity index (χ1n) is 19.3. The first-order chi connectivity index (χ1) is 27.4. The van der Waals surface area contributed by atoms with Crippen molar-refractivity contribution in [3.63, 3.8) is 0 Å². The summed E-state index contributed by atoms with van der Waals surface area (Å²) >= 11 is 0.263. The Kier molecular flexibility index (Phi) is 9.83. The van der Waals surface area contributed by atoms with Crippen LogP contribution < -0.4 is 19.1 Å². The Morgan fingerprint density at radius 1 is 1.09 bits per heavy atom. The molecule has 5 aliphatic heterocycles. The molecular formula is C41H42F3N6O6Tl. The van der Waals surface area contributed by atoms with Gasteiger partial charge in [0, 0.05) is 13.0 Å². The number of nitrogens with zero attached hydrogens (tertiary/aromatic N) is 6. The van der Waals surface area contributed by atoms with Gasteiger partial charge in [0.25, 0.3) is 0 Å². The van der Waals surface area contributed by atoms with Gasteiger partial charge in [0.2, 0.25) is 0 Å². The number of halogens is 3. The Labute approximate surface area is 344 Å². The van der Waals surface area contributed by atoms with Crippen LogP contribution in [0.25, 0.3) is 32.9 Å². The number of fused-ring (bicyclic) bond motifs is 7. The van der Waals surface area contributed by atoms with Crippen LogP contribution in [0.2, 0.25) is 0 Å². The number of carbonyl (C=O) groups is 1. The van der Waals surface area contributed by atoms with Crippen LogP contribution in [0.4, 0.5) is 23.8 Å². The first kappa shape index (κ1) is 38.4. The number of ether oxygens (including phenoxy) is 5. The number of amides is 1. The molecule has 2 aromatic heterocycles. The van der Waals surface area contributed by atoms with E-state index in [1.807, 2.05) is 25.7 Å². The van der Waals surface area contributed by atoms with Gasteiger partial charge in [-0.2, -0.15) is 0 Å². The molecule has 4 saturated heterocycles. The van der Waals surface area contributed by atoms with Crippen molar-refractivity contribution in [1.82, 2.24) is 24.8 Å². The van der Waals surface area contributed by atoms with Crippen molar-refractivity contribution in [2.45, 2.75) is 88.3 Å². The fourth-order valence-corrected chi connectivity index (χ4v) is 10.1. The number of hydrogen-bond donors (Lipinski definition) is 0. The van der Waals surface area contributed by atoms with E-state index in [1.165, 1.54) is 13.2 Å². The van der Waals surface area contributed by atoms with Crippen LogP contribution in [0.15, 0.2) is 24.3 Å². The molecule has 57 heavy (non-hydrogen) atoms. The molecule has 12 nitrogen and oxygen atoms in total. The molecule has 5 aliphatic rings. The Hall–Kier alpha value is -4.15. The van der Waals surface area contributed by atoms with E-state index in [0.717, 1.165) is 25.8 Å². The second kappa shape index (κ2) is 14.6. The van der Waals surface area contributed by atoms with Gasteiger partial charge < -0.3 is 4.74 Å². The van der Waals surface area contributed by atoms with Gasteiger partial charge in [-0.05, 0) is 53.0 Å². The number of anilines is 1. The number of benzene rings is 2. The summed E-state index contributed by atoms with van der Waals surface area (Å²) in [6, 6.07) is 5.26. The molecule has 0 radical (unpaired) electrons. The molecule has 1 amide bonds. The SMILES string of the molecule is COCOc1cc(-c2nc3c4c(nc(OC[C@@]56CCCN5C[C@@H](F)C6)nc4c2F)N2C[C@H]4CC[C@@H]([C@@H]2CO3)N4C(=O)OC(C)(C)C)c2c(C#[C][Tl])c(F)ccc2c1. The van der Waals surface area contributed by atoms with Crippen LogP contribution in [0.1, 0.15) is 58.4 Å². The van der Waals surface area contributed by atoms with Crippen LogP contribution in [0, 0.1) is 21.0 Å². The summed E-state index contributed by atoms with van der Waals surface area (Å²) in [5.74, 6) is 2.38. The molecule has 4 aromatic rings. The van der Waals surface area contributed by atoms with E-state index in [2.05, 4.69) is 19.2 Å². The van der Waals surface area contributed by atoms with Gasteiger partial charge in [0.1, 0.15) is 11.8 Å². The number of carbonyl (C=O) groups excluding carboxylic acids is 1. The Bertz CT molecular complexity index is 2350. The van der Waals surface area contributed by atoms with Crippen molar-refractivity contribution < 1.29 is 41.7 Å². The van der Waals surface area contributed by atoms with E-state index in [4.69, 9.17) is 38.6 Å². The van der Waals surface area contributed by atoms with E-state index in [1.54, 1.807) is 18.2 Å². The molecule has 4 fully saturated rings. The molecule has 0 N–H and O–H groups in total. The molecular weight excluding hydrogens is 934 g/mol. The van der Waals surface area contributed by atoms with Crippen LogP contribution in [0.3, 0.4) is 0 Å². The standard InChI is InChI=1S/C41H42F3N6O6.Tl/c1-6-26-28(43)10-8-22-14-25(55-21-52-5)15-27(31(22)26)34-33(44)35-32-36(47-38(46-35)54-20-41-12-7-13-48(41)17-23(42)16-41)49-18-24-9-11-29(30(49)19-53-37(32)45-34)50(24)39(51)56-40(2,3)4;/h8,10,14-15,23-24,29-30H,7,9,11-13,16-21H2,2-5H3;/t23-,24+,29-,30-,41-;/m0./s1. The van der Waals surface area contributed by atoms with Gasteiger partial charge in [-0.1, -0.05) is 0 Å². The van der Waals surface area contributed by atoms with Gasteiger partial charge >= 0.3 is 232 Å². The monoisotopic (exact) mass is 976 g/mol. The summed E-state index contributed by atoms with van der Waals surface area (Å²) in [5.41, 5.74) is -1.11. The number of aromatic nitrogens is 3. The summed E-state index contributed by atoms with van der Waals surface area (Å²) in [7, 11) is 1.49. The van der Waals surface area contributed by atoms with Crippen molar-refractivity contribution in [2.24, 2.45) is 0 Å². The quantitative estimate of drug-likeness (QED) is 0.126. The molecule has 9 rings (SSSR count). The Morgan fingerprint density at radius 3 is 2.72 bits per heavy atom. The number of pyridine rings is 1. The molecule has 5 atom stereocenters. The van der Waals surface area contributed by atoms with Crippen molar-refractivity contribution in [1.29, 1.82) is 0 Å². The van der Waals surface area contributed by atoms with Gasteiger partial charge in [0.05, 0.1) is 11.6 Å². The maximum atomic E-state index is 17.6. The number of hydrogen-bond acceptors (Lipinski definition) is 11. The number of alkyl halides is 1. The third kappa shape index (κ3) is 6.68. The zero-order valence-corrected chi connectivity index (χ0v) is 36.7. The summed E-state index contributed by atoms with van der Waals surface area (Å²) < 4.78 is 80.7. The predicted molar refractivity (Wildman–Crippen MR) is 205 cm³/mol. The second-order valence-electron chi connectivity index (χ2n) is 16.5. The summed E-state index contributed by atoms with van der Waals surface area (Å²) in [4.78, 5) is 34.1. The summed E-state index contributed by atoms with van der Waals surface area (Å²) in [6.45, 7) is 7.17. The Balaban J connectivity index is 1.22. The average Bonchev–Trinajstić information content (AvgIpc) is 3.78. The van der Waals surface area contributed by atoms with E-state index in [-0.39, 0.29) is 97.5 Å². The topological polar surface area (TPSA) is 112 Å². The van der Waals surface area contributed by atoms with Crippen molar-refractivity contribution in [3.8, 4) is 38.3 Å². The Morgan fingerprint density at radius 2 is 1.93 bits per heavy atom. The first-order valence-corrected chi connectivity index (χ1v) is 21.6. The number of methoxy groups -OCH3 is 1. The van der Waals surface area contributed by atoms with Gasteiger partial charge in [0.15, 0.2) is 0 Å². The number of piperazine rings is 1. The van der Waals surface area contributed by atoms with Crippen LogP contribution in [-0.2, 0) is 9.47 Å². The van der Waals surface area contributed by atoms with Crippen molar-refractivity contribution in [3.05, 3.63) is 41.5 Å². The molecule has 0 spiro atoms. The second-order valence-corrected chi connectivity index (χ2v) is 17.6. The van der Waals surface area contributed by atoms with Gasteiger partial charge in [-0.25, -0.2) is 9.18 Å². The molecule has 0 unspecified atom stereocenters. The molecule has 2 bridgehead atoms. The van der Waals surface area contributed by atoms with Gasteiger partial charge in [-0.15, -0.1) is 0 Å². The molecule has 2 aromatic carbocycles. The maximum absolute atomic E-state index is 17.6. The fraction of sp³-hybridized carbons (Fsp3) is 0.512. The minimum atomic E-state index is -0.965. The summed E-state index contributed by atoms with van der Waals surface area (Å²) in [6.07, 6.45) is 2.11. The van der Waals surface area contributed by atoms with Crippen LogP contribution in [0.5, 0.6) is 17.6 Å². The van der Waals surface area contributed by atoms with E-state index in [9.17, 15) is 9.18 Å². The van der Waals surface area contributed by atoms with Crippen LogP contribution in [-0.4, -0.2) is 139 Å². The zero-order valence-electron chi connectivity index (χ0n) is 32.2. The molecule has 16 heteroatoms. The molecule has 296 valence electrons. The molecule has 7 heterocycles. The fourth-order valence-electron chi connectivity index (χ4n) is 9.56. The third-order valence-electron chi connectivity index (χ3n) is 11.8. The predicted octanol–water partition coefficient (Wildman–Crippen LogP) is 5.89. The van der Waals surface area contributed by atoms with Crippen LogP contribution >= 0.6 is 0 Å². The third-order valence-corrected chi connectivity index (χ3v) is 12.4. The normalized spacial score (nSPS) is 25.1. The van der Waals surface area contributed by atoms with Crippen molar-refractivity contribution >= 4 is 59.4 Å². The summed E-state index contributed by atoms with van der Waals surface area (Å²) in [5, 5.41) is 1.17. The van der Waals surface area contributed by atoms with E-state index < -0.39 is 41.1 Å². The van der Waals surface area contributed by atoms with Gasteiger partial charge in [-0.3, -0.25) is 9.80 Å². The number of rotatable bonds is 7.